The van der Waals surface area contributed by atoms with Gasteiger partial charge in [0, 0.05) is 19.2 Å². The van der Waals surface area contributed by atoms with E-state index in [1.807, 2.05) is 18.8 Å². The summed E-state index contributed by atoms with van der Waals surface area (Å²) in [6, 6.07) is 0. The van der Waals surface area contributed by atoms with Crippen molar-refractivity contribution in [1.82, 2.24) is 15.3 Å². The molecule has 4 N–H and O–H groups in total. The molecule has 0 aliphatic heterocycles. The van der Waals surface area contributed by atoms with Gasteiger partial charge in [-0.05, 0) is 18.3 Å². The van der Waals surface area contributed by atoms with E-state index >= 15 is 0 Å². The Morgan fingerprint density at radius 3 is 2.52 bits per heavy atom. The van der Waals surface area contributed by atoms with Crippen molar-refractivity contribution in [3.05, 3.63) is 32.6 Å². The molecule has 1 heterocycles. The van der Waals surface area contributed by atoms with Crippen molar-refractivity contribution in [1.29, 1.82) is 0 Å². The number of carbonyl (C=O) groups is 2. The van der Waals surface area contributed by atoms with Crippen molar-refractivity contribution in [2.24, 2.45) is 11.8 Å². The molecule has 8 heteroatoms. The fourth-order valence-electron chi connectivity index (χ4n) is 2.06. The van der Waals surface area contributed by atoms with Gasteiger partial charge in [-0.2, -0.15) is 0 Å². The highest BCUT2D eigenvalue weighted by Gasteiger charge is 2.17. The van der Waals surface area contributed by atoms with Gasteiger partial charge in [0.15, 0.2) is 0 Å². The molecule has 0 aromatic carbocycles. The summed E-state index contributed by atoms with van der Waals surface area (Å²) >= 11 is 0. The predicted molar refractivity (Wildman–Crippen MR) is 75.2 cm³/mol. The fraction of sp³-hybridized carbons (Fsp3) is 0.538. The van der Waals surface area contributed by atoms with E-state index in [0.29, 0.717) is 12.3 Å². The zero-order valence-corrected chi connectivity index (χ0v) is 11.9. The Kier molecular flexibility index (Phi) is 5.89. The second-order valence-corrected chi connectivity index (χ2v) is 5.29. The highest BCUT2D eigenvalue weighted by Crippen LogP contribution is 2.14. The molecular weight excluding hydrogens is 278 g/mol. The van der Waals surface area contributed by atoms with Crippen LogP contribution in [0.25, 0.3) is 0 Å². The number of nitrogens with one attached hydrogen (secondary N) is 3. The van der Waals surface area contributed by atoms with Gasteiger partial charge in [-0.1, -0.05) is 13.8 Å². The molecule has 0 spiro atoms. The van der Waals surface area contributed by atoms with Crippen LogP contribution in [-0.4, -0.2) is 33.5 Å². The third-order valence-corrected chi connectivity index (χ3v) is 2.88. The number of amides is 1. The minimum atomic E-state index is -0.934. The lowest BCUT2D eigenvalue weighted by atomic mass is 9.94. The predicted octanol–water partition coefficient (Wildman–Crippen LogP) is -0.0700. The number of carbonyl (C=O) groups excluding carboxylic acids is 1. The first kappa shape index (κ1) is 16.7. The van der Waals surface area contributed by atoms with Gasteiger partial charge in [0.05, 0.1) is 0 Å². The average Bonchev–Trinajstić information content (AvgIpc) is 2.34. The van der Waals surface area contributed by atoms with Gasteiger partial charge < -0.3 is 15.4 Å². The van der Waals surface area contributed by atoms with E-state index in [0.717, 1.165) is 6.20 Å². The molecule has 0 aliphatic carbocycles. The minimum absolute atomic E-state index is 0.0551. The first-order chi connectivity index (χ1) is 9.79. The van der Waals surface area contributed by atoms with Crippen LogP contribution in [0.3, 0.4) is 0 Å². The molecule has 1 amide bonds. The summed E-state index contributed by atoms with van der Waals surface area (Å²) in [6.07, 6.45) is 1.63. The number of hydrogen-bond donors (Lipinski definition) is 4. The normalized spacial score (nSPS) is 12.1. The van der Waals surface area contributed by atoms with Crippen LogP contribution in [0, 0.1) is 11.8 Å². The molecule has 0 unspecified atom stereocenters. The van der Waals surface area contributed by atoms with Crippen LogP contribution < -0.4 is 16.6 Å². The summed E-state index contributed by atoms with van der Waals surface area (Å²) < 4.78 is 0. The van der Waals surface area contributed by atoms with Crippen LogP contribution in [0.1, 0.15) is 37.0 Å². The topological polar surface area (TPSA) is 132 Å². The molecule has 1 aromatic heterocycles. The molecule has 0 aliphatic rings. The molecule has 21 heavy (non-hydrogen) atoms. The van der Waals surface area contributed by atoms with Gasteiger partial charge in [0.25, 0.3) is 11.5 Å². The molecule has 116 valence electrons. The highest BCUT2D eigenvalue weighted by molar-refractivity contribution is 5.93. The van der Waals surface area contributed by atoms with E-state index in [9.17, 15) is 19.2 Å². The van der Waals surface area contributed by atoms with Gasteiger partial charge in [0.2, 0.25) is 0 Å². The van der Waals surface area contributed by atoms with E-state index in [2.05, 4.69) is 10.3 Å². The Labute approximate surface area is 120 Å². The highest BCUT2D eigenvalue weighted by atomic mass is 16.4. The van der Waals surface area contributed by atoms with Crippen LogP contribution in [0.5, 0.6) is 0 Å². The quantitative estimate of drug-likeness (QED) is 0.559. The molecule has 8 nitrogen and oxygen atoms in total. The van der Waals surface area contributed by atoms with E-state index in [-0.39, 0.29) is 24.4 Å². The Bertz CT molecular complexity index is 617. The molecule has 1 atom stereocenters. The Hall–Kier alpha value is -2.38. The van der Waals surface area contributed by atoms with Gasteiger partial charge >= 0.3 is 11.7 Å². The zero-order chi connectivity index (χ0) is 16.0. The second kappa shape index (κ2) is 7.41. The number of aromatic amines is 2. The van der Waals surface area contributed by atoms with Gasteiger partial charge in [-0.25, -0.2) is 4.79 Å². The maximum Gasteiger partial charge on any atom is 0.325 e. The standard InChI is InChI=1S/C13H19N3O5/c1-7(2)3-8(4-10(17)18)5-14-11(19)9-6-15-13(21)16-12(9)20/h6-8H,3-5H2,1-2H3,(H,14,19)(H,17,18)(H2,15,16,20,21)/t8-/m0/s1. The summed E-state index contributed by atoms with van der Waals surface area (Å²) in [5, 5.41) is 11.4. The SMILES string of the molecule is CC(C)C[C@H](CNC(=O)c1c[nH]c(=O)[nH]c1=O)CC(=O)O. The molecule has 0 bridgehead atoms. The van der Waals surface area contributed by atoms with Crippen LogP contribution in [0.2, 0.25) is 0 Å². The molecule has 0 saturated carbocycles. The minimum Gasteiger partial charge on any atom is -0.481 e. The summed E-state index contributed by atoms with van der Waals surface area (Å²) in [4.78, 5) is 49.1. The average molecular weight is 297 g/mol. The number of carboxylic acid groups (broad SMARTS) is 1. The number of rotatable bonds is 7. The third-order valence-electron chi connectivity index (χ3n) is 2.88. The summed E-state index contributed by atoms with van der Waals surface area (Å²) in [6.45, 7) is 4.08. The second-order valence-electron chi connectivity index (χ2n) is 5.29. The van der Waals surface area contributed by atoms with Crippen LogP contribution >= 0.6 is 0 Å². The molecule has 0 radical (unpaired) electrons. The lowest BCUT2D eigenvalue weighted by Crippen LogP contribution is -2.36. The number of aromatic nitrogens is 2. The number of carboxylic acids is 1. The van der Waals surface area contributed by atoms with Crippen molar-refractivity contribution in [2.45, 2.75) is 26.7 Å². The van der Waals surface area contributed by atoms with Crippen molar-refractivity contribution >= 4 is 11.9 Å². The Morgan fingerprint density at radius 2 is 2.00 bits per heavy atom. The van der Waals surface area contributed by atoms with Crippen LogP contribution in [-0.2, 0) is 4.79 Å². The van der Waals surface area contributed by atoms with Gasteiger partial charge in [-0.3, -0.25) is 19.4 Å². The zero-order valence-electron chi connectivity index (χ0n) is 11.9. The van der Waals surface area contributed by atoms with Gasteiger partial charge in [-0.15, -0.1) is 0 Å². The number of hydrogen-bond acceptors (Lipinski definition) is 4. The molecule has 0 saturated heterocycles. The number of aliphatic carboxylic acids is 1. The van der Waals surface area contributed by atoms with E-state index < -0.39 is 23.1 Å². The Balaban J connectivity index is 2.70. The monoisotopic (exact) mass is 297 g/mol. The maximum absolute atomic E-state index is 11.9. The summed E-state index contributed by atoms with van der Waals surface area (Å²) in [7, 11) is 0. The van der Waals surface area contributed by atoms with Crippen molar-refractivity contribution < 1.29 is 14.7 Å². The smallest absolute Gasteiger partial charge is 0.325 e. The van der Waals surface area contributed by atoms with Crippen molar-refractivity contribution in [2.75, 3.05) is 6.54 Å². The lowest BCUT2D eigenvalue weighted by Gasteiger charge is -2.17. The van der Waals surface area contributed by atoms with Crippen LogP contribution in [0.4, 0.5) is 0 Å². The maximum atomic E-state index is 11.9. The first-order valence-electron chi connectivity index (χ1n) is 6.61. The molecular formula is C13H19N3O5. The number of H-pyrrole nitrogens is 2. The van der Waals surface area contributed by atoms with E-state index in [4.69, 9.17) is 5.11 Å². The third kappa shape index (κ3) is 5.64. The van der Waals surface area contributed by atoms with Crippen molar-refractivity contribution in [3.8, 4) is 0 Å². The summed E-state index contributed by atoms with van der Waals surface area (Å²) in [5.41, 5.74) is -1.69. The summed E-state index contributed by atoms with van der Waals surface area (Å²) in [5.74, 6) is -1.50. The van der Waals surface area contributed by atoms with Crippen molar-refractivity contribution in [3.63, 3.8) is 0 Å². The molecule has 0 fully saturated rings. The van der Waals surface area contributed by atoms with Crippen LogP contribution in [0.15, 0.2) is 15.8 Å². The first-order valence-corrected chi connectivity index (χ1v) is 6.61. The van der Waals surface area contributed by atoms with E-state index in [1.54, 1.807) is 0 Å². The fourth-order valence-corrected chi connectivity index (χ4v) is 2.06. The molecule has 1 rings (SSSR count). The largest absolute Gasteiger partial charge is 0.481 e. The molecule has 1 aromatic rings. The Morgan fingerprint density at radius 1 is 1.33 bits per heavy atom. The van der Waals surface area contributed by atoms with E-state index in [1.165, 1.54) is 0 Å². The van der Waals surface area contributed by atoms with Gasteiger partial charge in [0.1, 0.15) is 5.56 Å². The lowest BCUT2D eigenvalue weighted by molar-refractivity contribution is -0.138.